The third-order valence-electron chi connectivity index (χ3n) is 4.18. The van der Waals surface area contributed by atoms with E-state index >= 15 is 0 Å². The second-order valence-corrected chi connectivity index (χ2v) is 5.39. The van der Waals surface area contributed by atoms with Crippen molar-refractivity contribution in [3.05, 3.63) is 12.2 Å². The minimum absolute atomic E-state index is 0.0487. The maximum atomic E-state index is 11.9. The molecule has 0 bridgehead atoms. The van der Waals surface area contributed by atoms with Crippen LogP contribution >= 0.6 is 0 Å². The Morgan fingerprint density at radius 1 is 1.44 bits per heavy atom. The Kier molecular flexibility index (Phi) is 3.36. The molecular weight excluding hydrogens is 200 g/mol. The van der Waals surface area contributed by atoms with Crippen molar-refractivity contribution in [3.63, 3.8) is 0 Å². The van der Waals surface area contributed by atoms with Gasteiger partial charge in [0.25, 0.3) is 0 Å². The Bertz CT molecular complexity index is 295. The monoisotopic (exact) mass is 222 g/mol. The summed E-state index contributed by atoms with van der Waals surface area (Å²) in [5.41, 5.74) is 1.07. The summed E-state index contributed by atoms with van der Waals surface area (Å²) in [5, 5.41) is 0. The van der Waals surface area contributed by atoms with Crippen LogP contribution in [0, 0.1) is 11.3 Å². The fraction of sp³-hybridized carbons (Fsp3) is 0.786. The Balaban J connectivity index is 1.97. The van der Waals surface area contributed by atoms with E-state index in [-0.39, 0.29) is 11.4 Å². The number of carbonyl (C=O) groups is 1. The van der Waals surface area contributed by atoms with Gasteiger partial charge in [-0.15, -0.1) is 0 Å². The number of allylic oxidation sites excluding steroid dienone is 1. The van der Waals surface area contributed by atoms with Crippen LogP contribution < -0.4 is 0 Å². The minimum atomic E-state index is -0.176. The van der Waals surface area contributed by atoms with Crippen molar-refractivity contribution in [3.8, 4) is 0 Å². The molecule has 2 atom stereocenters. The van der Waals surface area contributed by atoms with E-state index in [0.29, 0.717) is 12.5 Å². The first-order valence-electron chi connectivity index (χ1n) is 6.53. The molecule has 1 aliphatic carbocycles. The summed E-state index contributed by atoms with van der Waals surface area (Å²) >= 11 is 0. The van der Waals surface area contributed by atoms with Crippen LogP contribution in [0.3, 0.4) is 0 Å². The average molecular weight is 222 g/mol. The number of hydrogen-bond acceptors (Lipinski definition) is 2. The van der Waals surface area contributed by atoms with Gasteiger partial charge in [-0.3, -0.25) is 4.79 Å². The SMILES string of the molecule is C=C1CC2COC(=O)C2(CCCCCC)C1. The first-order chi connectivity index (χ1) is 7.69. The summed E-state index contributed by atoms with van der Waals surface area (Å²) < 4.78 is 5.25. The van der Waals surface area contributed by atoms with Gasteiger partial charge in [-0.25, -0.2) is 0 Å². The van der Waals surface area contributed by atoms with Gasteiger partial charge in [-0.05, 0) is 19.3 Å². The molecule has 0 N–H and O–H groups in total. The van der Waals surface area contributed by atoms with Crippen LogP contribution in [-0.2, 0) is 9.53 Å². The van der Waals surface area contributed by atoms with E-state index in [9.17, 15) is 4.79 Å². The molecule has 2 rings (SSSR count). The molecule has 2 fully saturated rings. The van der Waals surface area contributed by atoms with Gasteiger partial charge in [0.15, 0.2) is 0 Å². The predicted octanol–water partition coefficient (Wildman–Crippen LogP) is 3.47. The molecule has 90 valence electrons. The lowest BCUT2D eigenvalue weighted by Crippen LogP contribution is -2.28. The quantitative estimate of drug-likeness (QED) is 0.404. The van der Waals surface area contributed by atoms with Gasteiger partial charge in [0.2, 0.25) is 0 Å². The summed E-state index contributed by atoms with van der Waals surface area (Å²) in [6.45, 7) is 6.89. The van der Waals surface area contributed by atoms with Crippen molar-refractivity contribution in [1.29, 1.82) is 0 Å². The lowest BCUT2D eigenvalue weighted by atomic mass is 9.76. The van der Waals surface area contributed by atoms with Gasteiger partial charge in [-0.1, -0.05) is 44.8 Å². The number of carbonyl (C=O) groups excluding carboxylic acids is 1. The fourth-order valence-corrected chi connectivity index (χ4v) is 3.25. The molecule has 0 amide bonds. The molecule has 2 aliphatic rings. The van der Waals surface area contributed by atoms with Crippen LogP contribution in [0.15, 0.2) is 12.2 Å². The molecule has 2 nitrogen and oxygen atoms in total. The van der Waals surface area contributed by atoms with Crippen molar-refractivity contribution in [2.75, 3.05) is 6.61 Å². The summed E-state index contributed by atoms with van der Waals surface area (Å²) in [4.78, 5) is 11.9. The summed E-state index contributed by atoms with van der Waals surface area (Å²) in [6, 6.07) is 0. The number of cyclic esters (lactones) is 1. The van der Waals surface area contributed by atoms with Gasteiger partial charge < -0.3 is 4.74 Å². The normalized spacial score (nSPS) is 32.9. The molecule has 2 heteroatoms. The van der Waals surface area contributed by atoms with Crippen LogP contribution in [0.1, 0.15) is 51.9 Å². The zero-order valence-electron chi connectivity index (χ0n) is 10.3. The molecule has 1 saturated carbocycles. The molecule has 0 aromatic rings. The molecule has 1 saturated heterocycles. The van der Waals surface area contributed by atoms with Crippen LogP contribution in [0.4, 0.5) is 0 Å². The number of esters is 1. The topological polar surface area (TPSA) is 26.3 Å². The first-order valence-corrected chi connectivity index (χ1v) is 6.53. The minimum Gasteiger partial charge on any atom is -0.465 e. The predicted molar refractivity (Wildman–Crippen MR) is 64.0 cm³/mol. The third kappa shape index (κ3) is 1.90. The van der Waals surface area contributed by atoms with Crippen LogP contribution in [0.25, 0.3) is 0 Å². The summed E-state index contributed by atoms with van der Waals surface area (Å²) in [7, 11) is 0. The van der Waals surface area contributed by atoms with Gasteiger partial charge in [0.05, 0.1) is 12.0 Å². The van der Waals surface area contributed by atoms with Crippen LogP contribution in [-0.4, -0.2) is 12.6 Å². The van der Waals surface area contributed by atoms with Gasteiger partial charge in [0.1, 0.15) is 0 Å². The van der Waals surface area contributed by atoms with Gasteiger partial charge in [0, 0.05) is 5.92 Å². The molecule has 0 radical (unpaired) electrons. The van der Waals surface area contributed by atoms with Gasteiger partial charge in [-0.2, -0.15) is 0 Å². The van der Waals surface area contributed by atoms with E-state index in [1.807, 2.05) is 0 Å². The van der Waals surface area contributed by atoms with Crippen LogP contribution in [0.2, 0.25) is 0 Å². The van der Waals surface area contributed by atoms with E-state index in [1.54, 1.807) is 0 Å². The summed E-state index contributed by atoms with van der Waals surface area (Å²) in [5.74, 6) is 0.474. The average Bonchev–Trinajstić information content (AvgIpc) is 2.71. The highest BCUT2D eigenvalue weighted by molar-refractivity contribution is 5.80. The second kappa shape index (κ2) is 4.60. The molecule has 0 spiro atoms. The van der Waals surface area contributed by atoms with Crippen molar-refractivity contribution in [1.82, 2.24) is 0 Å². The Morgan fingerprint density at radius 3 is 3.00 bits per heavy atom. The fourth-order valence-electron chi connectivity index (χ4n) is 3.25. The highest BCUT2D eigenvalue weighted by atomic mass is 16.5. The molecule has 1 heterocycles. The number of hydrogen-bond donors (Lipinski definition) is 0. The van der Waals surface area contributed by atoms with E-state index < -0.39 is 0 Å². The Hall–Kier alpha value is -0.790. The maximum absolute atomic E-state index is 11.9. The number of rotatable bonds is 5. The highest BCUT2D eigenvalue weighted by Crippen LogP contribution is 2.53. The van der Waals surface area contributed by atoms with Crippen molar-refractivity contribution in [2.45, 2.75) is 51.9 Å². The van der Waals surface area contributed by atoms with Crippen molar-refractivity contribution < 1.29 is 9.53 Å². The lowest BCUT2D eigenvalue weighted by molar-refractivity contribution is -0.146. The molecular formula is C14H22O2. The summed E-state index contributed by atoms with van der Waals surface area (Å²) in [6.07, 6.45) is 7.80. The first kappa shape index (κ1) is 11.7. The maximum Gasteiger partial charge on any atom is 0.312 e. The van der Waals surface area contributed by atoms with Crippen molar-refractivity contribution in [2.24, 2.45) is 11.3 Å². The van der Waals surface area contributed by atoms with E-state index in [2.05, 4.69) is 13.5 Å². The highest BCUT2D eigenvalue weighted by Gasteiger charge is 2.55. The zero-order chi connectivity index (χ0) is 11.6. The standard InChI is InChI=1S/C14H22O2/c1-3-4-5-6-7-14-9-11(2)8-12(14)10-16-13(14)15/h12H,2-10H2,1H3. The lowest BCUT2D eigenvalue weighted by Gasteiger charge is -2.23. The molecule has 0 aromatic carbocycles. The van der Waals surface area contributed by atoms with Crippen molar-refractivity contribution >= 4 is 5.97 Å². The Morgan fingerprint density at radius 2 is 2.25 bits per heavy atom. The van der Waals surface area contributed by atoms with E-state index in [1.165, 1.54) is 24.8 Å². The van der Waals surface area contributed by atoms with Gasteiger partial charge >= 0.3 is 5.97 Å². The Labute approximate surface area is 98.1 Å². The molecule has 16 heavy (non-hydrogen) atoms. The molecule has 1 aliphatic heterocycles. The van der Waals surface area contributed by atoms with E-state index in [4.69, 9.17) is 4.74 Å². The third-order valence-corrected chi connectivity index (χ3v) is 4.18. The smallest absolute Gasteiger partial charge is 0.312 e. The second-order valence-electron chi connectivity index (χ2n) is 5.39. The number of ether oxygens (including phenoxy) is 1. The number of fused-ring (bicyclic) bond motifs is 1. The zero-order valence-corrected chi connectivity index (χ0v) is 10.3. The largest absolute Gasteiger partial charge is 0.465 e. The van der Waals surface area contributed by atoms with Crippen LogP contribution in [0.5, 0.6) is 0 Å². The molecule has 2 unspecified atom stereocenters. The molecule has 0 aromatic heterocycles. The van der Waals surface area contributed by atoms with E-state index in [0.717, 1.165) is 25.7 Å². The number of unbranched alkanes of at least 4 members (excludes halogenated alkanes) is 3.